The lowest BCUT2D eigenvalue weighted by atomic mass is 10.1. The van der Waals surface area contributed by atoms with E-state index in [1.165, 1.54) is 0 Å². The third kappa shape index (κ3) is 4.39. The van der Waals surface area contributed by atoms with E-state index >= 15 is 0 Å². The first kappa shape index (κ1) is 20.4. The van der Waals surface area contributed by atoms with Gasteiger partial charge >= 0.3 is 0 Å². The van der Waals surface area contributed by atoms with Crippen LogP contribution in [0.3, 0.4) is 0 Å². The van der Waals surface area contributed by atoms with Crippen LogP contribution in [0.4, 0.5) is 0 Å². The Labute approximate surface area is 186 Å². The van der Waals surface area contributed by atoms with Crippen molar-refractivity contribution in [3.8, 4) is 22.8 Å². The van der Waals surface area contributed by atoms with Gasteiger partial charge in [-0.15, -0.1) is 6.58 Å². The molecule has 32 heavy (non-hydrogen) atoms. The Morgan fingerprint density at radius 2 is 1.88 bits per heavy atom. The number of hydroxylamine groups is 2. The second kappa shape index (κ2) is 9.30. The number of aromatic nitrogens is 4. The van der Waals surface area contributed by atoms with E-state index in [2.05, 4.69) is 16.5 Å². The molecule has 0 saturated carbocycles. The summed E-state index contributed by atoms with van der Waals surface area (Å²) in [5, 5.41) is 7.88. The van der Waals surface area contributed by atoms with Crippen LogP contribution < -0.4 is 4.74 Å². The molecule has 7 nitrogen and oxygen atoms in total. The van der Waals surface area contributed by atoms with Crippen molar-refractivity contribution in [1.82, 2.24) is 24.8 Å². The maximum atomic E-state index is 5.92. The van der Waals surface area contributed by atoms with E-state index in [4.69, 9.17) is 14.7 Å². The molecule has 1 unspecified atom stereocenters. The van der Waals surface area contributed by atoms with Gasteiger partial charge in [-0.25, -0.2) is 14.6 Å². The Morgan fingerprint density at radius 3 is 2.69 bits per heavy atom. The number of para-hydroxylation sites is 1. The minimum Gasteiger partial charge on any atom is -0.457 e. The van der Waals surface area contributed by atoms with Crippen LogP contribution in [-0.4, -0.2) is 44.5 Å². The largest absolute Gasteiger partial charge is 0.457 e. The molecule has 1 aliphatic heterocycles. The highest BCUT2D eigenvalue weighted by molar-refractivity contribution is 5.90. The van der Waals surface area contributed by atoms with Crippen molar-refractivity contribution < 1.29 is 9.57 Å². The maximum Gasteiger partial charge on any atom is 0.161 e. The molecule has 1 atom stereocenters. The Kier molecular flexibility index (Phi) is 5.91. The summed E-state index contributed by atoms with van der Waals surface area (Å²) in [7, 11) is 0. The molecule has 4 aromatic rings. The zero-order chi connectivity index (χ0) is 21.8. The summed E-state index contributed by atoms with van der Waals surface area (Å²) < 4.78 is 7.92. The van der Waals surface area contributed by atoms with E-state index in [0.29, 0.717) is 12.5 Å². The number of hydrogen-bond donors (Lipinski definition) is 0. The van der Waals surface area contributed by atoms with E-state index in [9.17, 15) is 0 Å². The van der Waals surface area contributed by atoms with Crippen molar-refractivity contribution in [2.24, 2.45) is 5.92 Å². The van der Waals surface area contributed by atoms with Gasteiger partial charge in [-0.3, -0.25) is 4.84 Å². The van der Waals surface area contributed by atoms with Gasteiger partial charge in [0, 0.05) is 31.4 Å². The number of benzene rings is 2. The van der Waals surface area contributed by atoms with Crippen LogP contribution in [0, 0.1) is 5.92 Å². The van der Waals surface area contributed by atoms with Gasteiger partial charge in [0.25, 0.3) is 0 Å². The summed E-state index contributed by atoms with van der Waals surface area (Å²) in [5.41, 5.74) is 2.74. The van der Waals surface area contributed by atoms with Gasteiger partial charge in [0.2, 0.25) is 0 Å². The van der Waals surface area contributed by atoms with Crippen LogP contribution in [0.2, 0.25) is 0 Å². The van der Waals surface area contributed by atoms with Gasteiger partial charge in [0.1, 0.15) is 23.5 Å². The smallest absolute Gasteiger partial charge is 0.161 e. The summed E-state index contributed by atoms with van der Waals surface area (Å²) in [4.78, 5) is 14.4. The Bertz CT molecular complexity index is 1190. The number of hydrogen-bond acceptors (Lipinski definition) is 6. The van der Waals surface area contributed by atoms with Crippen LogP contribution in [0.25, 0.3) is 22.3 Å². The van der Waals surface area contributed by atoms with Gasteiger partial charge in [-0.05, 0) is 48.7 Å². The van der Waals surface area contributed by atoms with Gasteiger partial charge in [-0.1, -0.05) is 24.3 Å². The first-order valence-corrected chi connectivity index (χ1v) is 10.8. The molecule has 0 N–H and O–H groups in total. The number of rotatable bonds is 8. The molecule has 0 bridgehead atoms. The summed E-state index contributed by atoms with van der Waals surface area (Å²) >= 11 is 0. The quantitative estimate of drug-likeness (QED) is 0.379. The van der Waals surface area contributed by atoms with Crippen molar-refractivity contribution in [2.75, 3.05) is 19.7 Å². The van der Waals surface area contributed by atoms with Gasteiger partial charge < -0.3 is 4.74 Å². The molecule has 1 saturated heterocycles. The van der Waals surface area contributed by atoms with Crippen molar-refractivity contribution in [3.63, 3.8) is 0 Å². The predicted octanol–water partition coefficient (Wildman–Crippen LogP) is 4.73. The lowest BCUT2D eigenvalue weighted by Crippen LogP contribution is -2.22. The minimum absolute atomic E-state index is 0.451. The molecular weight excluding hydrogens is 402 g/mol. The lowest BCUT2D eigenvalue weighted by molar-refractivity contribution is -0.133. The molecule has 162 valence electrons. The monoisotopic (exact) mass is 427 g/mol. The second-order valence-electron chi connectivity index (χ2n) is 7.86. The van der Waals surface area contributed by atoms with Crippen LogP contribution in [-0.2, 0) is 11.4 Å². The predicted molar refractivity (Wildman–Crippen MR) is 123 cm³/mol. The topological polar surface area (TPSA) is 65.3 Å². The normalized spacial score (nSPS) is 16.4. The maximum absolute atomic E-state index is 5.92. The molecule has 2 aromatic heterocycles. The highest BCUT2D eigenvalue weighted by Gasteiger charge is 2.25. The molecule has 0 radical (unpaired) electrons. The summed E-state index contributed by atoms with van der Waals surface area (Å²) in [5.74, 6) is 2.05. The average Bonchev–Trinajstić information content (AvgIpc) is 3.44. The molecule has 2 aromatic carbocycles. The van der Waals surface area contributed by atoms with Crippen molar-refractivity contribution in [2.45, 2.75) is 13.0 Å². The molecule has 7 heteroatoms. The minimum atomic E-state index is 0.451. The Hall–Kier alpha value is -3.55. The Balaban J connectivity index is 1.36. The van der Waals surface area contributed by atoms with Crippen LogP contribution in [0.15, 0.2) is 79.8 Å². The number of ether oxygens (including phenoxy) is 1. The van der Waals surface area contributed by atoms with Crippen molar-refractivity contribution >= 4 is 11.0 Å². The molecular formula is C25H25N5O2. The zero-order valence-electron chi connectivity index (χ0n) is 17.8. The lowest BCUT2D eigenvalue weighted by Gasteiger charge is -2.14. The third-order valence-electron chi connectivity index (χ3n) is 5.57. The fraction of sp³-hybridized carbons (Fsp3) is 0.240. The Morgan fingerprint density at radius 1 is 1.06 bits per heavy atom. The summed E-state index contributed by atoms with van der Waals surface area (Å²) in [6.45, 7) is 6.84. The molecule has 0 spiro atoms. The SMILES string of the molecule is C=CCON1CCC(Cn2nc(-c3ccc(Oc4ccccc4)cc3)c3cncnc32)C1. The van der Waals surface area contributed by atoms with Gasteiger partial charge in [-0.2, -0.15) is 10.2 Å². The fourth-order valence-electron chi connectivity index (χ4n) is 4.03. The second-order valence-corrected chi connectivity index (χ2v) is 7.86. The number of fused-ring (bicyclic) bond motifs is 1. The van der Waals surface area contributed by atoms with E-state index < -0.39 is 0 Å². The third-order valence-corrected chi connectivity index (χ3v) is 5.57. The molecule has 0 aliphatic carbocycles. The molecule has 0 amide bonds. The highest BCUT2D eigenvalue weighted by Crippen LogP contribution is 2.30. The molecule has 3 heterocycles. The molecule has 1 fully saturated rings. The van der Waals surface area contributed by atoms with Gasteiger partial charge in [0.15, 0.2) is 5.65 Å². The first-order valence-electron chi connectivity index (χ1n) is 10.8. The summed E-state index contributed by atoms with van der Waals surface area (Å²) in [6.07, 6.45) is 6.25. The fourth-order valence-corrected chi connectivity index (χ4v) is 4.03. The molecule has 5 rings (SSSR count). The van der Waals surface area contributed by atoms with E-state index in [0.717, 1.165) is 59.8 Å². The summed E-state index contributed by atoms with van der Waals surface area (Å²) in [6, 6.07) is 17.7. The van der Waals surface area contributed by atoms with Gasteiger partial charge in [0.05, 0.1) is 12.0 Å². The zero-order valence-corrected chi connectivity index (χ0v) is 17.8. The standard InChI is InChI=1S/C25H25N5O2/c1-2-14-31-29-13-12-19(16-29)17-30-25-23(15-26-18-27-25)24(28-30)20-8-10-22(11-9-20)32-21-6-4-3-5-7-21/h2-11,15,18-19H,1,12-14,16-17H2. The highest BCUT2D eigenvalue weighted by atomic mass is 16.7. The van der Waals surface area contributed by atoms with Crippen molar-refractivity contribution in [1.29, 1.82) is 0 Å². The average molecular weight is 428 g/mol. The van der Waals surface area contributed by atoms with Crippen LogP contribution >= 0.6 is 0 Å². The van der Waals surface area contributed by atoms with Crippen LogP contribution in [0.5, 0.6) is 11.5 Å². The van der Waals surface area contributed by atoms with E-state index in [1.54, 1.807) is 12.4 Å². The van der Waals surface area contributed by atoms with E-state index in [-0.39, 0.29) is 0 Å². The van der Waals surface area contributed by atoms with Crippen molar-refractivity contribution in [3.05, 3.63) is 79.8 Å². The number of nitrogens with zero attached hydrogens (tertiary/aromatic N) is 5. The molecule has 1 aliphatic rings. The van der Waals surface area contributed by atoms with E-state index in [1.807, 2.05) is 70.5 Å². The van der Waals surface area contributed by atoms with Crippen LogP contribution in [0.1, 0.15) is 6.42 Å². The first-order chi connectivity index (χ1) is 15.8.